The van der Waals surface area contributed by atoms with Gasteiger partial charge in [0.2, 0.25) is 5.91 Å². The van der Waals surface area contributed by atoms with Crippen LogP contribution in [0.5, 0.6) is 11.5 Å². The second-order valence-electron chi connectivity index (χ2n) is 10.3. The van der Waals surface area contributed by atoms with E-state index in [1.165, 1.54) is 6.08 Å². The number of nitrogens with zero attached hydrogens (tertiary/aromatic N) is 3. The van der Waals surface area contributed by atoms with Crippen LogP contribution in [0.4, 0.5) is 11.6 Å². The minimum absolute atomic E-state index is 0.152. The SMILES string of the molecule is C=CC(=O)N[C@H]1COC[C@H]1Nc1cc2c(NC3CCCN(C)C3)nc(-c3c(Cl)c(OC)cc(OC)c3Cl)cc2cn1. The van der Waals surface area contributed by atoms with E-state index in [-0.39, 0.29) is 24.0 Å². The van der Waals surface area contributed by atoms with Gasteiger partial charge in [0.1, 0.15) is 23.1 Å². The van der Waals surface area contributed by atoms with Crippen molar-refractivity contribution in [1.82, 2.24) is 20.2 Å². The molecule has 3 atom stereocenters. The summed E-state index contributed by atoms with van der Waals surface area (Å²) in [6.45, 7) is 6.33. The lowest BCUT2D eigenvalue weighted by Gasteiger charge is -2.31. The van der Waals surface area contributed by atoms with Gasteiger partial charge in [-0.3, -0.25) is 4.79 Å². The van der Waals surface area contributed by atoms with E-state index in [1.807, 2.05) is 12.1 Å². The molecule has 5 rings (SSSR count). The van der Waals surface area contributed by atoms with Gasteiger partial charge < -0.3 is 35.1 Å². The quantitative estimate of drug-likeness (QED) is 0.303. The predicted molar refractivity (Wildman–Crippen MR) is 163 cm³/mol. The third kappa shape index (κ3) is 6.30. The summed E-state index contributed by atoms with van der Waals surface area (Å²) in [5.41, 5.74) is 1.08. The summed E-state index contributed by atoms with van der Waals surface area (Å²) in [4.78, 5) is 23.9. The second kappa shape index (κ2) is 12.7. The zero-order chi connectivity index (χ0) is 29.1. The molecule has 1 amide bonds. The van der Waals surface area contributed by atoms with E-state index in [4.69, 9.17) is 42.4 Å². The van der Waals surface area contributed by atoms with Gasteiger partial charge in [-0.25, -0.2) is 9.97 Å². The van der Waals surface area contributed by atoms with Crippen LogP contribution in [0.3, 0.4) is 0 Å². The fourth-order valence-corrected chi connectivity index (χ4v) is 6.02. The molecule has 218 valence electrons. The van der Waals surface area contributed by atoms with Crippen LogP contribution in [0, 0.1) is 0 Å². The Morgan fingerprint density at radius 3 is 2.54 bits per heavy atom. The van der Waals surface area contributed by atoms with Gasteiger partial charge >= 0.3 is 0 Å². The molecule has 2 saturated heterocycles. The van der Waals surface area contributed by atoms with Gasteiger partial charge in [-0.2, -0.15) is 0 Å². The maximum atomic E-state index is 11.9. The number of likely N-dealkylation sites (tertiary alicyclic amines) is 1. The number of rotatable bonds is 9. The van der Waals surface area contributed by atoms with Gasteiger partial charge in [-0.05, 0) is 44.6 Å². The van der Waals surface area contributed by atoms with E-state index < -0.39 is 0 Å². The molecule has 0 radical (unpaired) electrons. The largest absolute Gasteiger partial charge is 0.495 e. The van der Waals surface area contributed by atoms with Crippen LogP contribution >= 0.6 is 23.2 Å². The first kappa shape index (κ1) is 29.2. The molecule has 2 aliphatic rings. The number of carbonyl (C=O) groups is 1. The Hall–Kier alpha value is -3.31. The monoisotopic (exact) mass is 600 g/mol. The van der Waals surface area contributed by atoms with Crippen LogP contribution in [-0.4, -0.2) is 86.5 Å². The molecule has 2 aliphatic heterocycles. The molecule has 3 N–H and O–H groups in total. The molecule has 1 unspecified atom stereocenters. The number of pyridine rings is 2. The summed E-state index contributed by atoms with van der Waals surface area (Å²) >= 11 is 13.5. The zero-order valence-corrected chi connectivity index (χ0v) is 24.8. The highest BCUT2D eigenvalue weighted by Gasteiger charge is 2.30. The number of benzene rings is 1. The Morgan fingerprint density at radius 1 is 1.12 bits per heavy atom. The number of likely N-dealkylation sites (N-methyl/N-ethyl adjacent to an activating group) is 1. The second-order valence-corrected chi connectivity index (χ2v) is 11.0. The fraction of sp³-hybridized carbons (Fsp3) is 0.414. The highest BCUT2D eigenvalue weighted by molar-refractivity contribution is 6.41. The van der Waals surface area contributed by atoms with Crippen molar-refractivity contribution in [2.24, 2.45) is 0 Å². The van der Waals surface area contributed by atoms with Gasteiger partial charge in [0.05, 0.1) is 55.3 Å². The van der Waals surface area contributed by atoms with E-state index in [0.29, 0.717) is 57.7 Å². The van der Waals surface area contributed by atoms with Crippen molar-refractivity contribution < 1.29 is 19.0 Å². The van der Waals surface area contributed by atoms with Gasteiger partial charge in [0, 0.05) is 41.2 Å². The predicted octanol–water partition coefficient (Wildman–Crippen LogP) is 4.61. The number of carbonyl (C=O) groups excluding carboxylic acids is 1. The third-order valence-corrected chi connectivity index (χ3v) is 8.19. The molecule has 41 heavy (non-hydrogen) atoms. The van der Waals surface area contributed by atoms with E-state index in [2.05, 4.69) is 39.5 Å². The molecule has 10 nitrogen and oxygen atoms in total. The number of anilines is 2. The van der Waals surface area contributed by atoms with Crippen LogP contribution in [0.1, 0.15) is 12.8 Å². The van der Waals surface area contributed by atoms with E-state index >= 15 is 0 Å². The molecule has 0 spiro atoms. The third-order valence-electron chi connectivity index (χ3n) is 7.44. The Labute approximate surface area is 249 Å². The number of nitrogens with one attached hydrogen (secondary N) is 3. The van der Waals surface area contributed by atoms with Crippen molar-refractivity contribution in [2.45, 2.75) is 31.0 Å². The molecule has 1 aromatic carbocycles. The maximum Gasteiger partial charge on any atom is 0.243 e. The number of methoxy groups -OCH3 is 2. The van der Waals surface area contributed by atoms with E-state index in [1.54, 1.807) is 26.5 Å². The van der Waals surface area contributed by atoms with Crippen molar-refractivity contribution in [2.75, 3.05) is 58.2 Å². The molecule has 0 aliphatic carbocycles. The minimum Gasteiger partial charge on any atom is -0.495 e. The summed E-state index contributed by atoms with van der Waals surface area (Å²) in [5.74, 6) is 1.95. The van der Waals surface area contributed by atoms with Gasteiger partial charge in [-0.1, -0.05) is 29.8 Å². The first-order chi connectivity index (χ1) is 19.8. The maximum absolute atomic E-state index is 11.9. The zero-order valence-electron chi connectivity index (χ0n) is 23.3. The van der Waals surface area contributed by atoms with Crippen LogP contribution in [-0.2, 0) is 9.53 Å². The molecule has 3 aromatic rings. The average Bonchev–Trinajstić information content (AvgIpc) is 3.39. The van der Waals surface area contributed by atoms with Gasteiger partial charge in [0.15, 0.2) is 0 Å². The molecule has 2 fully saturated rings. The van der Waals surface area contributed by atoms with Crippen LogP contribution in [0.15, 0.2) is 37.1 Å². The normalized spacial score (nSPS) is 21.0. The fourth-order valence-electron chi connectivity index (χ4n) is 5.32. The molecule has 12 heteroatoms. The van der Waals surface area contributed by atoms with Crippen molar-refractivity contribution in [1.29, 1.82) is 0 Å². The van der Waals surface area contributed by atoms with Crippen molar-refractivity contribution >= 4 is 51.5 Å². The highest BCUT2D eigenvalue weighted by Crippen LogP contribution is 2.46. The number of aromatic nitrogens is 2. The summed E-state index contributed by atoms with van der Waals surface area (Å²) in [7, 11) is 5.20. The first-order valence-electron chi connectivity index (χ1n) is 13.4. The number of fused-ring (bicyclic) bond motifs is 1. The Morgan fingerprint density at radius 2 is 1.85 bits per heavy atom. The number of piperidine rings is 1. The average molecular weight is 602 g/mol. The molecule has 0 bridgehead atoms. The number of halogens is 2. The molecular formula is C29H34Cl2N6O4. The Bertz CT molecular complexity index is 1430. The number of hydrogen-bond acceptors (Lipinski definition) is 9. The lowest BCUT2D eigenvalue weighted by molar-refractivity contribution is -0.117. The molecular weight excluding hydrogens is 567 g/mol. The highest BCUT2D eigenvalue weighted by atomic mass is 35.5. The molecule has 4 heterocycles. The Balaban J connectivity index is 1.57. The van der Waals surface area contributed by atoms with Crippen LogP contribution in [0.2, 0.25) is 10.0 Å². The van der Waals surface area contributed by atoms with Crippen LogP contribution < -0.4 is 25.4 Å². The standard InChI is InChI=1S/C29H34Cl2N6O4/c1-5-25(38)35-21-15-41-14-20(21)34-24-10-18-16(12-32-24)9-19(36-29(18)33-17-7-6-8-37(2)13-17)26-27(30)22(39-3)11-23(40-4)28(26)31/h5,9-12,17,20-21H,1,6-8,13-15H2,2-4H3,(H,32,34)(H,33,36)(H,35,38)/t17?,20-,21+/m1/s1. The lowest BCUT2D eigenvalue weighted by Crippen LogP contribution is -2.45. The summed E-state index contributed by atoms with van der Waals surface area (Å²) < 4.78 is 16.6. The van der Waals surface area contributed by atoms with Crippen molar-refractivity contribution in [3.63, 3.8) is 0 Å². The lowest BCUT2D eigenvalue weighted by atomic mass is 10.0. The summed E-state index contributed by atoms with van der Waals surface area (Å²) in [5, 5.41) is 12.4. The number of hydrogen-bond donors (Lipinski definition) is 3. The summed E-state index contributed by atoms with van der Waals surface area (Å²) in [6, 6.07) is 5.37. The minimum atomic E-state index is -0.245. The van der Waals surface area contributed by atoms with Crippen molar-refractivity contribution in [3.05, 3.63) is 47.1 Å². The van der Waals surface area contributed by atoms with Crippen LogP contribution in [0.25, 0.3) is 22.0 Å². The molecule has 2 aromatic heterocycles. The van der Waals surface area contributed by atoms with Gasteiger partial charge in [-0.15, -0.1) is 0 Å². The van der Waals surface area contributed by atoms with E-state index in [9.17, 15) is 4.79 Å². The molecule has 0 saturated carbocycles. The van der Waals surface area contributed by atoms with Crippen molar-refractivity contribution in [3.8, 4) is 22.8 Å². The number of amides is 1. The number of ether oxygens (including phenoxy) is 3. The van der Waals surface area contributed by atoms with Gasteiger partial charge in [0.25, 0.3) is 0 Å². The summed E-state index contributed by atoms with van der Waals surface area (Å²) in [6.07, 6.45) is 5.15. The topological polar surface area (TPSA) is 110 Å². The smallest absolute Gasteiger partial charge is 0.243 e. The van der Waals surface area contributed by atoms with E-state index in [0.717, 1.165) is 36.7 Å². The Kier molecular flexibility index (Phi) is 9.03. The first-order valence-corrected chi connectivity index (χ1v) is 14.2.